The van der Waals surface area contributed by atoms with Gasteiger partial charge in [-0.3, -0.25) is 4.84 Å². The molecule has 3 nitrogen and oxygen atoms in total. The summed E-state index contributed by atoms with van der Waals surface area (Å²) in [6.45, 7) is 8.28. The number of rotatable bonds is 2. The minimum absolute atomic E-state index is 0.536. The van der Waals surface area contributed by atoms with Gasteiger partial charge in [-0.2, -0.15) is 5.06 Å². The maximum absolute atomic E-state index is 5.45. The van der Waals surface area contributed by atoms with Crippen molar-refractivity contribution in [3.8, 4) is 0 Å². The molecule has 1 aliphatic rings. The van der Waals surface area contributed by atoms with Crippen molar-refractivity contribution in [2.24, 2.45) is 0 Å². The Labute approximate surface area is 68.9 Å². The van der Waals surface area contributed by atoms with Crippen molar-refractivity contribution in [3.63, 3.8) is 0 Å². The topological polar surface area (TPSA) is 15.7 Å². The molecule has 0 N–H and O–H groups in total. The van der Waals surface area contributed by atoms with E-state index in [0.29, 0.717) is 6.04 Å². The van der Waals surface area contributed by atoms with Crippen molar-refractivity contribution in [2.45, 2.75) is 19.9 Å². The third-order valence-corrected chi connectivity index (χ3v) is 2.06. The molecule has 1 unspecified atom stereocenters. The molecule has 11 heavy (non-hydrogen) atoms. The molecule has 0 spiro atoms. The van der Waals surface area contributed by atoms with Gasteiger partial charge in [0, 0.05) is 25.7 Å². The molecular formula is C8H18N2O. The van der Waals surface area contributed by atoms with Crippen LogP contribution >= 0.6 is 0 Å². The van der Waals surface area contributed by atoms with Crippen LogP contribution in [0.5, 0.6) is 0 Å². The van der Waals surface area contributed by atoms with E-state index in [0.717, 1.165) is 26.2 Å². The molecular weight excluding hydrogens is 140 g/mol. The zero-order valence-electron chi connectivity index (χ0n) is 7.71. The summed E-state index contributed by atoms with van der Waals surface area (Å²) in [4.78, 5) is 7.78. The standard InChI is InChI=1S/C8H18N2O/c1-4-11-10-6-5-9(3)7-8(10)2/h8H,4-7H2,1-3H3. The molecule has 0 aliphatic carbocycles. The van der Waals surface area contributed by atoms with Crippen molar-refractivity contribution in [2.75, 3.05) is 33.3 Å². The monoisotopic (exact) mass is 158 g/mol. The number of piperazine rings is 1. The number of hydroxylamine groups is 2. The first-order valence-electron chi connectivity index (χ1n) is 4.32. The second kappa shape index (κ2) is 4.04. The lowest BCUT2D eigenvalue weighted by atomic mass is 10.2. The predicted molar refractivity (Wildman–Crippen MR) is 45.3 cm³/mol. The fourth-order valence-electron chi connectivity index (χ4n) is 1.48. The Balaban J connectivity index is 2.31. The highest BCUT2D eigenvalue weighted by Crippen LogP contribution is 2.07. The molecule has 0 aromatic rings. The van der Waals surface area contributed by atoms with E-state index in [9.17, 15) is 0 Å². The highest BCUT2D eigenvalue weighted by Gasteiger charge is 2.21. The van der Waals surface area contributed by atoms with Crippen molar-refractivity contribution in [1.82, 2.24) is 9.96 Å². The van der Waals surface area contributed by atoms with Crippen LogP contribution in [-0.2, 0) is 4.84 Å². The molecule has 0 radical (unpaired) electrons. The maximum Gasteiger partial charge on any atom is 0.0657 e. The first-order valence-corrected chi connectivity index (χ1v) is 4.32. The van der Waals surface area contributed by atoms with Crippen LogP contribution in [0, 0.1) is 0 Å². The molecule has 0 bridgehead atoms. The van der Waals surface area contributed by atoms with E-state index in [-0.39, 0.29) is 0 Å². The lowest BCUT2D eigenvalue weighted by molar-refractivity contribution is -0.197. The Kier molecular flexibility index (Phi) is 3.30. The average Bonchev–Trinajstić information content (AvgIpc) is 1.95. The van der Waals surface area contributed by atoms with Gasteiger partial charge in [-0.1, -0.05) is 0 Å². The van der Waals surface area contributed by atoms with Gasteiger partial charge in [0.1, 0.15) is 0 Å². The summed E-state index contributed by atoms with van der Waals surface area (Å²) >= 11 is 0. The molecule has 0 saturated carbocycles. The average molecular weight is 158 g/mol. The van der Waals surface area contributed by atoms with Gasteiger partial charge in [0.25, 0.3) is 0 Å². The fourth-order valence-corrected chi connectivity index (χ4v) is 1.48. The van der Waals surface area contributed by atoms with E-state index in [1.807, 2.05) is 6.92 Å². The number of likely N-dealkylation sites (N-methyl/N-ethyl adjacent to an activating group) is 1. The summed E-state index contributed by atoms with van der Waals surface area (Å²) in [5.41, 5.74) is 0. The highest BCUT2D eigenvalue weighted by molar-refractivity contribution is 4.71. The summed E-state index contributed by atoms with van der Waals surface area (Å²) in [6, 6.07) is 0.536. The Hall–Kier alpha value is -0.120. The molecule has 1 heterocycles. The largest absolute Gasteiger partial charge is 0.303 e. The molecule has 1 saturated heterocycles. The normalized spacial score (nSPS) is 29.2. The Morgan fingerprint density at radius 1 is 1.45 bits per heavy atom. The summed E-state index contributed by atoms with van der Waals surface area (Å²) in [5.74, 6) is 0. The fraction of sp³-hybridized carbons (Fsp3) is 1.00. The zero-order valence-corrected chi connectivity index (χ0v) is 7.71. The summed E-state index contributed by atoms with van der Waals surface area (Å²) in [5, 5.41) is 2.08. The van der Waals surface area contributed by atoms with Crippen LogP contribution in [0.15, 0.2) is 0 Å². The number of hydrogen-bond acceptors (Lipinski definition) is 3. The van der Waals surface area contributed by atoms with Crippen LogP contribution in [-0.4, -0.2) is 49.3 Å². The van der Waals surface area contributed by atoms with Crippen LogP contribution in [0.1, 0.15) is 13.8 Å². The molecule has 0 amide bonds. The Morgan fingerprint density at radius 2 is 2.18 bits per heavy atom. The Bertz CT molecular complexity index is 119. The third-order valence-electron chi connectivity index (χ3n) is 2.06. The molecule has 1 fully saturated rings. The van der Waals surface area contributed by atoms with Crippen LogP contribution in [0.2, 0.25) is 0 Å². The Morgan fingerprint density at radius 3 is 2.73 bits per heavy atom. The molecule has 1 aliphatic heterocycles. The summed E-state index contributed by atoms with van der Waals surface area (Å²) < 4.78 is 0. The molecule has 1 rings (SSSR count). The van der Waals surface area contributed by atoms with Gasteiger partial charge >= 0.3 is 0 Å². The maximum atomic E-state index is 5.45. The molecule has 0 aromatic heterocycles. The molecule has 3 heteroatoms. The van der Waals surface area contributed by atoms with Crippen molar-refractivity contribution >= 4 is 0 Å². The van der Waals surface area contributed by atoms with Crippen molar-refractivity contribution < 1.29 is 4.84 Å². The van der Waals surface area contributed by atoms with E-state index >= 15 is 0 Å². The van der Waals surface area contributed by atoms with Gasteiger partial charge in [0.05, 0.1) is 6.61 Å². The lowest BCUT2D eigenvalue weighted by Gasteiger charge is -2.36. The minimum atomic E-state index is 0.536. The van der Waals surface area contributed by atoms with Gasteiger partial charge in [0.15, 0.2) is 0 Å². The minimum Gasteiger partial charge on any atom is -0.303 e. The van der Waals surface area contributed by atoms with Crippen LogP contribution < -0.4 is 0 Å². The van der Waals surface area contributed by atoms with E-state index in [1.165, 1.54) is 0 Å². The van der Waals surface area contributed by atoms with Gasteiger partial charge in [0.2, 0.25) is 0 Å². The SMILES string of the molecule is CCON1CCN(C)CC1C. The summed E-state index contributed by atoms with van der Waals surface area (Å²) in [7, 11) is 2.15. The van der Waals surface area contributed by atoms with Gasteiger partial charge < -0.3 is 4.90 Å². The molecule has 1 atom stereocenters. The van der Waals surface area contributed by atoms with Crippen molar-refractivity contribution in [3.05, 3.63) is 0 Å². The third kappa shape index (κ3) is 2.43. The van der Waals surface area contributed by atoms with Crippen LogP contribution in [0.3, 0.4) is 0 Å². The lowest BCUT2D eigenvalue weighted by Crippen LogP contribution is -2.50. The second-order valence-corrected chi connectivity index (χ2v) is 3.17. The van der Waals surface area contributed by atoms with E-state index < -0.39 is 0 Å². The smallest absolute Gasteiger partial charge is 0.0657 e. The highest BCUT2D eigenvalue weighted by atomic mass is 16.7. The number of nitrogens with zero attached hydrogens (tertiary/aromatic N) is 2. The van der Waals surface area contributed by atoms with Gasteiger partial charge in [-0.05, 0) is 20.9 Å². The van der Waals surface area contributed by atoms with Crippen molar-refractivity contribution in [1.29, 1.82) is 0 Å². The number of hydrogen-bond donors (Lipinski definition) is 0. The van der Waals surface area contributed by atoms with E-state index in [4.69, 9.17) is 4.84 Å². The molecule has 66 valence electrons. The zero-order chi connectivity index (χ0) is 8.27. The predicted octanol–water partition coefficient (Wildman–Crippen LogP) is 0.574. The summed E-state index contributed by atoms with van der Waals surface area (Å²) in [6.07, 6.45) is 0. The first kappa shape index (κ1) is 8.97. The van der Waals surface area contributed by atoms with Gasteiger partial charge in [-0.25, -0.2) is 0 Å². The van der Waals surface area contributed by atoms with E-state index in [1.54, 1.807) is 0 Å². The van der Waals surface area contributed by atoms with Crippen LogP contribution in [0.25, 0.3) is 0 Å². The van der Waals surface area contributed by atoms with E-state index in [2.05, 4.69) is 23.9 Å². The second-order valence-electron chi connectivity index (χ2n) is 3.17. The quantitative estimate of drug-likeness (QED) is 0.584. The molecule has 0 aromatic carbocycles. The van der Waals surface area contributed by atoms with Gasteiger partial charge in [-0.15, -0.1) is 0 Å². The van der Waals surface area contributed by atoms with Crippen LogP contribution in [0.4, 0.5) is 0 Å². The first-order chi connectivity index (χ1) is 5.24.